The molecule has 0 saturated heterocycles. The van der Waals surface area contributed by atoms with Crippen molar-refractivity contribution in [1.29, 1.82) is 0 Å². The summed E-state index contributed by atoms with van der Waals surface area (Å²) in [6.07, 6.45) is 3.99. The van der Waals surface area contributed by atoms with Crippen LogP contribution in [0, 0.1) is 13.8 Å². The minimum absolute atomic E-state index is 0. The molecule has 0 fully saturated rings. The van der Waals surface area contributed by atoms with Crippen molar-refractivity contribution in [3.8, 4) is 0 Å². The van der Waals surface area contributed by atoms with Gasteiger partial charge in [-0.1, -0.05) is 18.2 Å². The fourth-order valence-corrected chi connectivity index (χ4v) is 2.62. The first-order valence-electron chi connectivity index (χ1n) is 6.70. The molecular weight excluding hydrogens is 307 g/mol. The van der Waals surface area contributed by atoms with Crippen LogP contribution in [0.2, 0.25) is 0 Å². The molecule has 1 heterocycles. The Morgan fingerprint density at radius 2 is 2.14 bits per heavy atom. The van der Waals surface area contributed by atoms with Crippen molar-refractivity contribution in [3.63, 3.8) is 0 Å². The Morgan fingerprint density at radius 1 is 1.36 bits per heavy atom. The molecule has 0 aliphatic heterocycles. The maximum absolute atomic E-state index is 10.4. The molecule has 0 saturated carbocycles. The van der Waals surface area contributed by atoms with Crippen LogP contribution in [0.15, 0.2) is 24.3 Å². The van der Waals surface area contributed by atoms with Crippen molar-refractivity contribution in [3.05, 3.63) is 45.4 Å². The van der Waals surface area contributed by atoms with Crippen LogP contribution in [-0.2, 0) is 4.79 Å². The molecule has 0 unspecified atom stereocenters. The van der Waals surface area contributed by atoms with Crippen LogP contribution in [0.25, 0.3) is 12.2 Å². The standard InChI is InChI=1S/C16H18N2O2S.Na/c1-11-12(2)21-15(18-11)7-6-13-4-3-5-14(10-13)17-9-8-16(19)20;/h3-7,10,17H,8-9H2,1-2H3,(H,19,20);/q;+1/p-1. The monoisotopic (exact) mass is 324 g/mol. The number of carbonyl (C=O) groups excluding carboxylic acids is 1. The Labute approximate surface area is 156 Å². The largest absolute Gasteiger partial charge is 1.00 e. The number of aryl methyl sites for hydroxylation is 2. The summed E-state index contributed by atoms with van der Waals surface area (Å²) in [7, 11) is 0. The summed E-state index contributed by atoms with van der Waals surface area (Å²) in [6, 6.07) is 7.80. The van der Waals surface area contributed by atoms with Gasteiger partial charge >= 0.3 is 29.6 Å². The van der Waals surface area contributed by atoms with Gasteiger partial charge < -0.3 is 15.2 Å². The number of nitrogens with zero attached hydrogens (tertiary/aromatic N) is 1. The Balaban J connectivity index is 0.00000242. The Bertz CT molecular complexity index is 648. The van der Waals surface area contributed by atoms with Crippen LogP contribution < -0.4 is 40.0 Å². The third kappa shape index (κ3) is 5.93. The molecule has 6 heteroatoms. The van der Waals surface area contributed by atoms with Gasteiger partial charge in [0.2, 0.25) is 0 Å². The second-order valence-corrected chi connectivity index (χ2v) is 5.94. The Morgan fingerprint density at radius 3 is 2.77 bits per heavy atom. The van der Waals surface area contributed by atoms with Crippen molar-refractivity contribution >= 4 is 35.1 Å². The zero-order valence-electron chi connectivity index (χ0n) is 13.1. The van der Waals surface area contributed by atoms with E-state index in [1.165, 1.54) is 4.88 Å². The summed E-state index contributed by atoms with van der Waals surface area (Å²) < 4.78 is 0. The van der Waals surface area contributed by atoms with Crippen molar-refractivity contribution in [2.75, 3.05) is 11.9 Å². The van der Waals surface area contributed by atoms with E-state index in [9.17, 15) is 9.90 Å². The van der Waals surface area contributed by atoms with Crippen molar-refractivity contribution in [1.82, 2.24) is 4.98 Å². The van der Waals surface area contributed by atoms with Gasteiger partial charge in [-0.25, -0.2) is 4.98 Å². The van der Waals surface area contributed by atoms with E-state index >= 15 is 0 Å². The first kappa shape index (κ1) is 18.9. The van der Waals surface area contributed by atoms with Gasteiger partial charge in [0.25, 0.3) is 0 Å². The van der Waals surface area contributed by atoms with Gasteiger partial charge in [-0.05, 0) is 37.6 Å². The van der Waals surface area contributed by atoms with E-state index in [1.807, 2.05) is 43.3 Å². The number of nitrogens with one attached hydrogen (secondary N) is 1. The average Bonchev–Trinajstić information content (AvgIpc) is 2.76. The number of anilines is 1. The molecule has 1 aromatic carbocycles. The maximum Gasteiger partial charge on any atom is 1.00 e. The molecule has 0 spiro atoms. The summed E-state index contributed by atoms with van der Waals surface area (Å²) in [5, 5.41) is 14.4. The van der Waals surface area contributed by atoms with Crippen molar-refractivity contribution < 1.29 is 39.5 Å². The van der Waals surface area contributed by atoms with Crippen LogP contribution >= 0.6 is 11.3 Å². The minimum Gasteiger partial charge on any atom is -0.550 e. The molecule has 1 aromatic heterocycles. The predicted molar refractivity (Wildman–Crippen MR) is 85.1 cm³/mol. The van der Waals surface area contributed by atoms with Gasteiger partial charge in [-0.15, -0.1) is 11.3 Å². The number of carbonyl (C=O) groups is 1. The minimum atomic E-state index is -1.05. The number of thiazole rings is 1. The third-order valence-corrected chi connectivity index (χ3v) is 4.05. The van der Waals surface area contributed by atoms with E-state index in [0.717, 1.165) is 22.0 Å². The van der Waals surface area contributed by atoms with Crippen molar-refractivity contribution in [2.24, 2.45) is 0 Å². The van der Waals surface area contributed by atoms with Crippen LogP contribution in [-0.4, -0.2) is 17.5 Å². The second-order valence-electron chi connectivity index (χ2n) is 4.70. The van der Waals surface area contributed by atoms with Crippen LogP contribution in [0.1, 0.15) is 27.6 Å². The second kappa shape index (κ2) is 9.10. The number of rotatable bonds is 6. The van der Waals surface area contributed by atoms with E-state index in [0.29, 0.717) is 6.54 Å². The molecule has 0 atom stereocenters. The normalized spacial score (nSPS) is 10.5. The van der Waals surface area contributed by atoms with Gasteiger partial charge in [0.15, 0.2) is 0 Å². The van der Waals surface area contributed by atoms with E-state index in [2.05, 4.69) is 17.2 Å². The molecule has 0 aliphatic carbocycles. The molecule has 0 bridgehead atoms. The fraction of sp³-hybridized carbons (Fsp3) is 0.250. The first-order valence-corrected chi connectivity index (χ1v) is 7.52. The van der Waals surface area contributed by atoms with Crippen LogP contribution in [0.5, 0.6) is 0 Å². The van der Waals surface area contributed by atoms with E-state index in [4.69, 9.17) is 0 Å². The van der Waals surface area contributed by atoms with Gasteiger partial charge in [0.05, 0.1) is 5.69 Å². The van der Waals surface area contributed by atoms with E-state index in [-0.39, 0.29) is 36.0 Å². The quantitative estimate of drug-likeness (QED) is 0.727. The number of aliphatic carboxylic acids is 1. The molecule has 4 nitrogen and oxygen atoms in total. The number of aromatic nitrogens is 1. The van der Waals surface area contributed by atoms with Crippen LogP contribution in [0.3, 0.4) is 0 Å². The smallest absolute Gasteiger partial charge is 0.550 e. The summed E-state index contributed by atoms with van der Waals surface area (Å²) in [5.41, 5.74) is 3.00. The maximum atomic E-state index is 10.4. The zero-order valence-corrected chi connectivity index (χ0v) is 15.9. The Kier molecular flexibility index (Phi) is 7.82. The zero-order chi connectivity index (χ0) is 15.2. The molecule has 0 radical (unpaired) electrons. The molecule has 2 aromatic rings. The van der Waals surface area contributed by atoms with Crippen LogP contribution in [0.4, 0.5) is 5.69 Å². The fourth-order valence-electron chi connectivity index (χ4n) is 1.80. The molecule has 2 rings (SSSR count). The molecule has 1 N–H and O–H groups in total. The average molecular weight is 324 g/mol. The number of benzene rings is 1. The summed E-state index contributed by atoms with van der Waals surface area (Å²) in [5.74, 6) is -1.05. The number of carboxylic acids is 1. The molecular formula is C16H17N2NaO2S. The number of carboxylic acid groups (broad SMARTS) is 1. The first-order chi connectivity index (χ1) is 10.0. The number of hydrogen-bond donors (Lipinski definition) is 1. The van der Waals surface area contributed by atoms with Gasteiger partial charge in [0, 0.05) is 29.5 Å². The SMILES string of the molecule is Cc1nc(C=Cc2cccc(NCCC(=O)[O-])c2)sc1C.[Na+]. The molecule has 22 heavy (non-hydrogen) atoms. The van der Waals surface area contributed by atoms with Crippen molar-refractivity contribution in [2.45, 2.75) is 20.3 Å². The number of hydrogen-bond acceptors (Lipinski definition) is 5. The summed E-state index contributed by atoms with van der Waals surface area (Å²) >= 11 is 1.67. The van der Waals surface area contributed by atoms with Gasteiger partial charge in [-0.2, -0.15) is 0 Å². The molecule has 0 aliphatic rings. The summed E-state index contributed by atoms with van der Waals surface area (Å²) in [6.45, 7) is 4.43. The molecule has 0 amide bonds. The van der Waals surface area contributed by atoms with Gasteiger partial charge in [-0.3, -0.25) is 0 Å². The van der Waals surface area contributed by atoms with Gasteiger partial charge in [0.1, 0.15) is 5.01 Å². The topological polar surface area (TPSA) is 65.0 Å². The van der Waals surface area contributed by atoms with E-state index < -0.39 is 5.97 Å². The van der Waals surface area contributed by atoms with E-state index in [1.54, 1.807) is 11.3 Å². The summed E-state index contributed by atoms with van der Waals surface area (Å²) in [4.78, 5) is 16.1. The predicted octanol–water partition coefficient (Wildman–Crippen LogP) is -0.514. The molecule has 110 valence electrons. The third-order valence-electron chi connectivity index (χ3n) is 3.01. The Hall–Kier alpha value is -1.14.